The monoisotopic (exact) mass is 371 g/mol. The summed E-state index contributed by atoms with van der Waals surface area (Å²) in [5, 5.41) is 0. The number of hydrogen-bond acceptors (Lipinski definition) is 4. The maximum absolute atomic E-state index is 13.5. The molecule has 0 radical (unpaired) electrons. The van der Waals surface area contributed by atoms with Crippen LogP contribution in [0, 0.1) is 5.92 Å². The maximum Gasteiger partial charge on any atom is 0.253 e. The van der Waals surface area contributed by atoms with Gasteiger partial charge in [0.15, 0.2) is 11.5 Å². The molecule has 0 N–H and O–H groups in total. The van der Waals surface area contributed by atoms with E-state index in [0.29, 0.717) is 38.7 Å². The molecule has 2 aromatic rings. The molecule has 1 aliphatic carbocycles. The van der Waals surface area contributed by atoms with Crippen LogP contribution in [-0.2, 0) is 5.41 Å². The fraction of sp³-hybridized carbons (Fsp3) is 0.429. The number of alkyl halides is 2. The molecule has 6 rings (SSSR count). The van der Waals surface area contributed by atoms with E-state index in [4.69, 9.17) is 14.2 Å². The third kappa shape index (κ3) is 2.12. The number of benzene rings is 2. The number of hydrogen-bond donors (Lipinski definition) is 0. The summed E-state index contributed by atoms with van der Waals surface area (Å²) in [6, 6.07) is 12.0. The summed E-state index contributed by atoms with van der Waals surface area (Å²) < 4.78 is 44.6. The molecule has 0 bridgehead atoms. The number of para-hydroxylation sites is 1. The average molecular weight is 371 g/mol. The highest BCUT2D eigenvalue weighted by atomic mass is 19.3. The average Bonchev–Trinajstić information content (AvgIpc) is 3.01. The van der Waals surface area contributed by atoms with Crippen LogP contribution in [0.2, 0.25) is 0 Å². The molecule has 2 atom stereocenters. The predicted octanol–water partition coefficient (Wildman–Crippen LogP) is 3.61. The quantitative estimate of drug-likeness (QED) is 0.807. The van der Waals surface area contributed by atoms with Gasteiger partial charge in [-0.2, -0.15) is 0 Å². The van der Waals surface area contributed by atoms with Crippen LogP contribution in [0.4, 0.5) is 14.5 Å². The highest BCUT2D eigenvalue weighted by molar-refractivity contribution is 5.70. The van der Waals surface area contributed by atoms with Crippen molar-refractivity contribution in [2.45, 2.75) is 17.8 Å². The fourth-order valence-electron chi connectivity index (χ4n) is 4.74. The predicted molar refractivity (Wildman–Crippen MR) is 95.4 cm³/mol. The maximum atomic E-state index is 13.5. The number of rotatable bonds is 2. The Morgan fingerprint density at radius 2 is 1.70 bits per heavy atom. The third-order valence-electron chi connectivity index (χ3n) is 6.25. The van der Waals surface area contributed by atoms with Gasteiger partial charge in [-0.25, -0.2) is 8.78 Å². The lowest BCUT2D eigenvalue weighted by atomic mass is 9.77. The van der Waals surface area contributed by atoms with Gasteiger partial charge in [0, 0.05) is 42.7 Å². The van der Waals surface area contributed by atoms with Crippen molar-refractivity contribution >= 4 is 5.69 Å². The van der Waals surface area contributed by atoms with E-state index in [1.54, 1.807) is 0 Å². The first-order chi connectivity index (χ1) is 13.1. The van der Waals surface area contributed by atoms with E-state index in [1.165, 1.54) is 0 Å². The van der Waals surface area contributed by atoms with Gasteiger partial charge in [0.2, 0.25) is 0 Å². The Labute approximate surface area is 155 Å². The van der Waals surface area contributed by atoms with Gasteiger partial charge in [0.05, 0.1) is 5.41 Å². The molecule has 1 spiro atoms. The molecule has 4 nitrogen and oxygen atoms in total. The van der Waals surface area contributed by atoms with E-state index >= 15 is 0 Å². The van der Waals surface area contributed by atoms with Gasteiger partial charge in [0.1, 0.15) is 25.6 Å². The van der Waals surface area contributed by atoms with E-state index in [9.17, 15) is 8.78 Å². The van der Waals surface area contributed by atoms with Gasteiger partial charge < -0.3 is 19.1 Å². The molecule has 0 amide bonds. The number of ether oxygens (including phenoxy) is 3. The highest BCUT2D eigenvalue weighted by Crippen LogP contribution is 2.56. The van der Waals surface area contributed by atoms with Gasteiger partial charge in [-0.3, -0.25) is 0 Å². The minimum absolute atomic E-state index is 0.00948. The van der Waals surface area contributed by atoms with Crippen molar-refractivity contribution in [2.75, 3.05) is 37.8 Å². The second-order valence-corrected chi connectivity index (χ2v) is 7.92. The lowest BCUT2D eigenvalue weighted by Crippen LogP contribution is -2.37. The molecule has 6 heteroatoms. The first-order valence-electron chi connectivity index (χ1n) is 9.36. The molecule has 3 aliphatic heterocycles. The molecule has 1 saturated carbocycles. The van der Waals surface area contributed by atoms with Crippen LogP contribution < -0.4 is 19.1 Å². The van der Waals surface area contributed by atoms with Crippen molar-refractivity contribution in [1.82, 2.24) is 0 Å². The molecule has 3 heterocycles. The van der Waals surface area contributed by atoms with Gasteiger partial charge in [-0.1, -0.05) is 18.2 Å². The largest absolute Gasteiger partial charge is 0.492 e. The molecule has 140 valence electrons. The van der Waals surface area contributed by atoms with E-state index in [0.717, 1.165) is 28.3 Å². The van der Waals surface area contributed by atoms with E-state index < -0.39 is 11.8 Å². The molecule has 1 fully saturated rings. The van der Waals surface area contributed by atoms with Crippen molar-refractivity contribution in [2.24, 2.45) is 5.92 Å². The zero-order valence-electron chi connectivity index (χ0n) is 14.7. The van der Waals surface area contributed by atoms with Crippen LogP contribution in [0.25, 0.3) is 0 Å². The Morgan fingerprint density at radius 1 is 0.963 bits per heavy atom. The fourth-order valence-corrected chi connectivity index (χ4v) is 4.74. The van der Waals surface area contributed by atoms with Gasteiger partial charge in [0.25, 0.3) is 5.92 Å². The van der Waals surface area contributed by atoms with Crippen LogP contribution in [-0.4, -0.2) is 38.8 Å². The first-order valence-corrected chi connectivity index (χ1v) is 9.36. The van der Waals surface area contributed by atoms with Crippen molar-refractivity contribution < 1.29 is 23.0 Å². The topological polar surface area (TPSA) is 30.9 Å². The van der Waals surface area contributed by atoms with Crippen LogP contribution in [0.1, 0.15) is 17.5 Å². The lowest BCUT2D eigenvalue weighted by molar-refractivity contribution is 0.0999. The third-order valence-corrected chi connectivity index (χ3v) is 6.25. The summed E-state index contributed by atoms with van der Waals surface area (Å²) in [6.07, 6.45) is -0.00948. The SMILES string of the molecule is FC1(F)CC1CN1CC2(COc3cc4c(cc32)OCCO4)c2ccccc21. The summed E-state index contributed by atoms with van der Waals surface area (Å²) in [6.45, 7) is 2.58. The zero-order valence-corrected chi connectivity index (χ0v) is 14.7. The first kappa shape index (κ1) is 15.5. The Kier molecular flexibility index (Phi) is 2.91. The Bertz CT molecular complexity index is 947. The second-order valence-electron chi connectivity index (χ2n) is 7.92. The zero-order chi connectivity index (χ0) is 18.2. The Hall–Kier alpha value is -2.50. The summed E-state index contributed by atoms with van der Waals surface area (Å²) in [5.74, 6) is -0.832. The Morgan fingerprint density at radius 3 is 2.48 bits per heavy atom. The molecule has 4 aliphatic rings. The van der Waals surface area contributed by atoms with E-state index in [-0.39, 0.29) is 11.8 Å². The standard InChI is InChI=1S/C21H19F2NO3/c22-21(23)9-13(21)10-24-11-20(14-3-1-2-4-16(14)24)12-27-17-8-19-18(7-15(17)20)25-5-6-26-19/h1-4,7-8,13H,5-6,9-12H2. The van der Waals surface area contributed by atoms with Crippen molar-refractivity contribution in [3.05, 3.63) is 47.5 Å². The number of nitrogens with zero attached hydrogens (tertiary/aromatic N) is 1. The van der Waals surface area contributed by atoms with E-state index in [2.05, 4.69) is 11.0 Å². The highest BCUT2D eigenvalue weighted by Gasteiger charge is 2.59. The summed E-state index contributed by atoms with van der Waals surface area (Å²) in [5.41, 5.74) is 2.88. The minimum Gasteiger partial charge on any atom is -0.492 e. The van der Waals surface area contributed by atoms with Crippen LogP contribution in [0.5, 0.6) is 17.2 Å². The lowest BCUT2D eigenvalue weighted by Gasteiger charge is -2.26. The van der Waals surface area contributed by atoms with Gasteiger partial charge >= 0.3 is 0 Å². The normalized spacial score (nSPS) is 28.7. The smallest absolute Gasteiger partial charge is 0.253 e. The van der Waals surface area contributed by atoms with Crippen molar-refractivity contribution in [3.63, 3.8) is 0 Å². The van der Waals surface area contributed by atoms with Gasteiger partial charge in [-0.15, -0.1) is 0 Å². The number of halogens is 2. The Balaban J connectivity index is 1.44. The molecule has 0 aromatic heterocycles. The molecule has 2 unspecified atom stereocenters. The van der Waals surface area contributed by atoms with Gasteiger partial charge in [-0.05, 0) is 17.7 Å². The minimum atomic E-state index is -2.51. The molecular formula is C21H19F2NO3. The molecule has 27 heavy (non-hydrogen) atoms. The number of fused-ring (bicyclic) bond motifs is 5. The summed E-state index contributed by atoms with van der Waals surface area (Å²) in [4.78, 5) is 2.11. The summed E-state index contributed by atoms with van der Waals surface area (Å²) in [7, 11) is 0. The van der Waals surface area contributed by atoms with Crippen molar-refractivity contribution in [3.8, 4) is 17.2 Å². The molecule has 2 aromatic carbocycles. The van der Waals surface area contributed by atoms with E-state index in [1.807, 2.05) is 30.3 Å². The number of anilines is 1. The molecular weight excluding hydrogens is 352 g/mol. The van der Waals surface area contributed by atoms with Crippen LogP contribution >= 0.6 is 0 Å². The van der Waals surface area contributed by atoms with Crippen LogP contribution in [0.3, 0.4) is 0 Å². The summed E-state index contributed by atoms with van der Waals surface area (Å²) >= 11 is 0. The molecule has 0 saturated heterocycles. The second kappa shape index (κ2) is 5.06. The van der Waals surface area contributed by atoms with Crippen LogP contribution in [0.15, 0.2) is 36.4 Å². The van der Waals surface area contributed by atoms with Crippen molar-refractivity contribution in [1.29, 1.82) is 0 Å².